The number of amides is 1. The summed E-state index contributed by atoms with van der Waals surface area (Å²) >= 11 is 0. The molecule has 1 aliphatic rings. The molecule has 7 heteroatoms. The summed E-state index contributed by atoms with van der Waals surface area (Å²) in [5, 5.41) is 6.34. The van der Waals surface area contributed by atoms with Gasteiger partial charge in [0.05, 0.1) is 6.04 Å². The molecule has 0 aliphatic carbocycles. The molecule has 1 saturated heterocycles. The number of rotatable bonds is 6. The van der Waals surface area contributed by atoms with Crippen molar-refractivity contribution in [2.24, 2.45) is 10.9 Å². The van der Waals surface area contributed by atoms with Gasteiger partial charge in [0.2, 0.25) is 0 Å². The highest BCUT2D eigenvalue weighted by Gasteiger charge is 2.27. The summed E-state index contributed by atoms with van der Waals surface area (Å²) in [5.74, 6) is 1.59. The number of hydrogen-bond donors (Lipinski definition) is 2. The lowest BCUT2D eigenvalue weighted by Crippen LogP contribution is -2.44. The molecule has 0 bridgehead atoms. The van der Waals surface area contributed by atoms with E-state index in [1.54, 1.807) is 0 Å². The molecule has 1 heterocycles. The second-order valence-electron chi connectivity index (χ2n) is 7.45. The molecule has 0 aromatic rings. The number of nitrogens with zero attached hydrogens (tertiary/aromatic N) is 2. The van der Waals surface area contributed by atoms with Gasteiger partial charge in [-0.1, -0.05) is 26.7 Å². The van der Waals surface area contributed by atoms with Gasteiger partial charge < -0.3 is 20.3 Å². The Morgan fingerprint density at radius 2 is 1.92 bits per heavy atom. The number of hydrogen-bond acceptors (Lipinski definition) is 3. The van der Waals surface area contributed by atoms with Gasteiger partial charge in [-0.2, -0.15) is 0 Å². The van der Waals surface area contributed by atoms with Crippen molar-refractivity contribution in [3.63, 3.8) is 0 Å². The zero-order valence-corrected chi connectivity index (χ0v) is 19.1. The fraction of sp³-hybridized carbons (Fsp3) is 0.889. The minimum atomic E-state index is -0.464. The quantitative estimate of drug-likeness (QED) is 0.355. The molecular weight excluding hydrogens is 431 g/mol. The Kier molecular flexibility index (Phi) is 11.5. The van der Waals surface area contributed by atoms with E-state index in [1.165, 1.54) is 0 Å². The van der Waals surface area contributed by atoms with Gasteiger partial charge in [-0.05, 0) is 40.0 Å². The Morgan fingerprint density at radius 3 is 2.44 bits per heavy atom. The first-order valence-corrected chi connectivity index (χ1v) is 9.31. The van der Waals surface area contributed by atoms with Crippen LogP contribution in [0.5, 0.6) is 0 Å². The first-order chi connectivity index (χ1) is 11.3. The highest BCUT2D eigenvalue weighted by molar-refractivity contribution is 14.0. The van der Waals surface area contributed by atoms with Crippen LogP contribution in [0.1, 0.15) is 60.8 Å². The summed E-state index contributed by atoms with van der Waals surface area (Å²) in [5.41, 5.74) is -0.464. The normalized spacial score (nSPS) is 18.1. The van der Waals surface area contributed by atoms with Crippen molar-refractivity contribution in [3.05, 3.63) is 0 Å². The summed E-state index contributed by atoms with van der Waals surface area (Å²) < 4.78 is 5.34. The number of carbonyl (C=O) groups excluding carboxylic acids is 1. The smallest absolute Gasteiger partial charge is 0.407 e. The number of halogens is 1. The second kappa shape index (κ2) is 11.8. The molecular formula is C18H37IN4O2. The Morgan fingerprint density at radius 1 is 1.28 bits per heavy atom. The van der Waals surface area contributed by atoms with Crippen molar-refractivity contribution < 1.29 is 9.53 Å². The number of aliphatic imine (C=N–C) groups is 1. The predicted octanol–water partition coefficient (Wildman–Crippen LogP) is 3.61. The number of ether oxygens (including phenoxy) is 1. The molecule has 25 heavy (non-hydrogen) atoms. The Labute approximate surface area is 170 Å². The van der Waals surface area contributed by atoms with E-state index in [1.807, 2.05) is 20.8 Å². The molecule has 0 radical (unpaired) electrons. The van der Waals surface area contributed by atoms with Crippen molar-refractivity contribution >= 4 is 36.0 Å². The van der Waals surface area contributed by atoms with Gasteiger partial charge in [0.15, 0.2) is 5.96 Å². The Bertz CT molecular complexity index is 420. The van der Waals surface area contributed by atoms with Crippen LogP contribution >= 0.6 is 24.0 Å². The number of carbonyl (C=O) groups is 1. The number of likely N-dealkylation sites (tertiary alicyclic amines) is 1. The van der Waals surface area contributed by atoms with Crippen molar-refractivity contribution in [2.75, 3.05) is 26.2 Å². The number of nitrogens with one attached hydrogen (secondary N) is 2. The molecule has 1 fully saturated rings. The Hall–Kier alpha value is -0.730. The first kappa shape index (κ1) is 24.3. The molecule has 0 aromatic heterocycles. The maximum atomic E-state index is 11.9. The Balaban J connectivity index is 0.00000576. The number of alkyl carbamates (subject to hydrolysis) is 1. The average Bonchev–Trinajstić information content (AvgIpc) is 2.93. The summed E-state index contributed by atoms with van der Waals surface area (Å²) in [6, 6.07) is 0.108. The lowest BCUT2D eigenvalue weighted by Gasteiger charge is -2.24. The standard InChI is InChI=1S/C18H36N4O2.HI/c1-7-14(8-2)12-20-16(19-9-3)22-11-10-15(13-22)21-17(23)24-18(4,5)6;/h14-15H,7-13H2,1-6H3,(H,19,20)(H,21,23);1H. The van der Waals surface area contributed by atoms with E-state index in [0.29, 0.717) is 5.92 Å². The molecule has 1 rings (SSSR count). The maximum absolute atomic E-state index is 11.9. The van der Waals surface area contributed by atoms with E-state index >= 15 is 0 Å². The van der Waals surface area contributed by atoms with Gasteiger partial charge in [0.1, 0.15) is 5.60 Å². The fourth-order valence-corrected chi connectivity index (χ4v) is 2.73. The van der Waals surface area contributed by atoms with Gasteiger partial charge in [-0.15, -0.1) is 24.0 Å². The van der Waals surface area contributed by atoms with Crippen LogP contribution < -0.4 is 10.6 Å². The minimum absolute atomic E-state index is 0. The lowest BCUT2D eigenvalue weighted by molar-refractivity contribution is 0.0507. The zero-order valence-electron chi connectivity index (χ0n) is 16.7. The molecule has 148 valence electrons. The molecule has 1 unspecified atom stereocenters. The van der Waals surface area contributed by atoms with Crippen LogP contribution in [0.25, 0.3) is 0 Å². The van der Waals surface area contributed by atoms with Crippen LogP contribution in [0.15, 0.2) is 4.99 Å². The van der Waals surface area contributed by atoms with Crippen molar-refractivity contribution in [1.82, 2.24) is 15.5 Å². The fourth-order valence-electron chi connectivity index (χ4n) is 2.73. The van der Waals surface area contributed by atoms with Crippen molar-refractivity contribution in [2.45, 2.75) is 72.4 Å². The highest BCUT2D eigenvalue weighted by Crippen LogP contribution is 2.13. The average molecular weight is 468 g/mol. The van der Waals surface area contributed by atoms with Crippen molar-refractivity contribution in [1.29, 1.82) is 0 Å². The summed E-state index contributed by atoms with van der Waals surface area (Å²) in [6.45, 7) is 15.5. The van der Waals surface area contributed by atoms with Gasteiger partial charge in [0, 0.05) is 26.2 Å². The monoisotopic (exact) mass is 468 g/mol. The van der Waals surface area contributed by atoms with Crippen molar-refractivity contribution in [3.8, 4) is 0 Å². The van der Waals surface area contributed by atoms with Crippen LogP contribution in [-0.2, 0) is 4.74 Å². The summed E-state index contributed by atoms with van der Waals surface area (Å²) in [4.78, 5) is 18.9. The van der Waals surface area contributed by atoms with Gasteiger partial charge in [-0.3, -0.25) is 4.99 Å². The molecule has 6 nitrogen and oxygen atoms in total. The van der Waals surface area contributed by atoms with Gasteiger partial charge >= 0.3 is 6.09 Å². The van der Waals surface area contributed by atoms with E-state index in [0.717, 1.165) is 51.4 Å². The first-order valence-electron chi connectivity index (χ1n) is 9.31. The van der Waals surface area contributed by atoms with E-state index in [9.17, 15) is 4.79 Å². The molecule has 1 amide bonds. The molecule has 0 aromatic carbocycles. The zero-order chi connectivity index (χ0) is 18.2. The van der Waals surface area contributed by atoms with Crippen LogP contribution in [-0.4, -0.2) is 54.8 Å². The van der Waals surface area contributed by atoms with Crippen LogP contribution in [0.3, 0.4) is 0 Å². The number of guanidine groups is 1. The molecule has 1 aliphatic heterocycles. The predicted molar refractivity (Wildman–Crippen MR) is 115 cm³/mol. The van der Waals surface area contributed by atoms with E-state index in [4.69, 9.17) is 9.73 Å². The summed E-state index contributed by atoms with van der Waals surface area (Å²) in [7, 11) is 0. The minimum Gasteiger partial charge on any atom is -0.444 e. The third kappa shape index (κ3) is 9.51. The maximum Gasteiger partial charge on any atom is 0.407 e. The lowest BCUT2D eigenvalue weighted by atomic mass is 10.0. The molecule has 1 atom stereocenters. The van der Waals surface area contributed by atoms with Crippen LogP contribution in [0, 0.1) is 5.92 Å². The van der Waals surface area contributed by atoms with E-state index in [2.05, 4.69) is 36.3 Å². The molecule has 2 N–H and O–H groups in total. The summed E-state index contributed by atoms with van der Waals surface area (Å²) in [6.07, 6.45) is 2.88. The molecule has 0 saturated carbocycles. The van der Waals surface area contributed by atoms with E-state index < -0.39 is 5.60 Å². The molecule has 0 spiro atoms. The van der Waals surface area contributed by atoms with Gasteiger partial charge in [0.25, 0.3) is 0 Å². The second-order valence-corrected chi connectivity index (χ2v) is 7.45. The van der Waals surface area contributed by atoms with E-state index in [-0.39, 0.29) is 36.1 Å². The van der Waals surface area contributed by atoms with Gasteiger partial charge in [-0.25, -0.2) is 4.79 Å². The van der Waals surface area contributed by atoms with Crippen LogP contribution in [0.2, 0.25) is 0 Å². The highest BCUT2D eigenvalue weighted by atomic mass is 127. The third-order valence-electron chi connectivity index (χ3n) is 4.20. The third-order valence-corrected chi connectivity index (χ3v) is 4.20. The topological polar surface area (TPSA) is 66.0 Å². The SMILES string of the molecule is CCNC(=NCC(CC)CC)N1CCC(NC(=O)OC(C)(C)C)C1.I. The van der Waals surface area contributed by atoms with Crippen LogP contribution in [0.4, 0.5) is 4.79 Å². The largest absolute Gasteiger partial charge is 0.444 e.